The predicted molar refractivity (Wildman–Crippen MR) is 87.5 cm³/mol. The quantitative estimate of drug-likeness (QED) is 0.724. The van der Waals surface area contributed by atoms with Crippen LogP contribution in [0.2, 0.25) is 0 Å². The molecule has 0 radical (unpaired) electrons. The van der Waals surface area contributed by atoms with Crippen molar-refractivity contribution in [2.24, 2.45) is 5.92 Å². The number of hydrogen-bond acceptors (Lipinski definition) is 2. The molecule has 4 nitrogen and oxygen atoms in total. The maximum absolute atomic E-state index is 13.4. The van der Waals surface area contributed by atoms with Crippen LogP contribution in [0.3, 0.4) is 0 Å². The summed E-state index contributed by atoms with van der Waals surface area (Å²) in [6.07, 6.45) is 3.43. The van der Waals surface area contributed by atoms with E-state index < -0.39 is 0 Å². The molecular weight excluding hydrogens is 295 g/mol. The molecule has 0 saturated heterocycles. The standard InChI is InChI=1S/C18H25FN2O2/c1-12-10-15(6-7-17(12)19)16(14-4-5-14)11-18(23)21-9-3-8-20-13(2)22/h6-7,10,14,16H,3-5,8-9,11H2,1-2H3,(H,20,22)(H,21,23). The summed E-state index contributed by atoms with van der Waals surface area (Å²) in [6.45, 7) is 4.35. The first-order valence-electron chi connectivity index (χ1n) is 8.24. The number of aryl methyl sites for hydroxylation is 1. The molecular formula is C18H25FN2O2. The number of nitrogens with one attached hydrogen (secondary N) is 2. The highest BCUT2D eigenvalue weighted by atomic mass is 19.1. The average Bonchev–Trinajstić information content (AvgIpc) is 3.32. The van der Waals surface area contributed by atoms with Crippen LogP contribution in [0.15, 0.2) is 18.2 Å². The van der Waals surface area contributed by atoms with E-state index in [0.29, 0.717) is 31.0 Å². The summed E-state index contributed by atoms with van der Waals surface area (Å²) < 4.78 is 13.4. The molecule has 1 atom stereocenters. The maximum atomic E-state index is 13.4. The van der Waals surface area contributed by atoms with Gasteiger partial charge in [0.25, 0.3) is 0 Å². The molecule has 2 amide bonds. The number of hydrogen-bond donors (Lipinski definition) is 2. The normalized spacial score (nSPS) is 15.1. The zero-order valence-electron chi connectivity index (χ0n) is 13.8. The fraction of sp³-hybridized carbons (Fsp3) is 0.556. The van der Waals surface area contributed by atoms with Crippen LogP contribution in [0.4, 0.5) is 4.39 Å². The van der Waals surface area contributed by atoms with Crippen molar-refractivity contribution < 1.29 is 14.0 Å². The van der Waals surface area contributed by atoms with Gasteiger partial charge in [0.2, 0.25) is 11.8 Å². The molecule has 23 heavy (non-hydrogen) atoms. The Hall–Kier alpha value is -1.91. The molecule has 0 aliphatic heterocycles. The van der Waals surface area contributed by atoms with Gasteiger partial charge in [0.1, 0.15) is 5.82 Å². The third-order valence-corrected chi connectivity index (χ3v) is 4.26. The molecule has 1 aliphatic rings. The molecule has 0 aromatic heterocycles. The van der Waals surface area contributed by atoms with Gasteiger partial charge in [-0.2, -0.15) is 0 Å². The molecule has 0 bridgehead atoms. The first-order valence-corrected chi connectivity index (χ1v) is 8.24. The van der Waals surface area contributed by atoms with Crippen molar-refractivity contribution in [1.29, 1.82) is 0 Å². The first-order chi connectivity index (χ1) is 11.0. The van der Waals surface area contributed by atoms with E-state index in [1.165, 1.54) is 13.0 Å². The Kier molecular flexibility index (Phi) is 6.13. The SMILES string of the molecule is CC(=O)NCCCNC(=O)CC(c1ccc(F)c(C)c1)C1CC1. The van der Waals surface area contributed by atoms with Crippen LogP contribution in [-0.4, -0.2) is 24.9 Å². The van der Waals surface area contributed by atoms with Gasteiger partial charge >= 0.3 is 0 Å². The lowest BCUT2D eigenvalue weighted by Crippen LogP contribution is -2.29. The van der Waals surface area contributed by atoms with Crippen molar-refractivity contribution in [3.8, 4) is 0 Å². The molecule has 1 aromatic carbocycles. The summed E-state index contributed by atoms with van der Waals surface area (Å²) in [5, 5.41) is 5.60. The zero-order valence-corrected chi connectivity index (χ0v) is 13.8. The van der Waals surface area contributed by atoms with Crippen molar-refractivity contribution in [1.82, 2.24) is 10.6 Å². The minimum absolute atomic E-state index is 0.0201. The monoisotopic (exact) mass is 320 g/mol. The number of carbonyl (C=O) groups is 2. The third-order valence-electron chi connectivity index (χ3n) is 4.26. The largest absolute Gasteiger partial charge is 0.356 e. The fourth-order valence-corrected chi connectivity index (χ4v) is 2.81. The summed E-state index contributed by atoms with van der Waals surface area (Å²) in [4.78, 5) is 22.9. The lowest BCUT2D eigenvalue weighted by molar-refractivity contribution is -0.121. The van der Waals surface area contributed by atoms with Crippen LogP contribution < -0.4 is 10.6 Å². The summed E-state index contributed by atoms with van der Waals surface area (Å²) >= 11 is 0. The van der Waals surface area contributed by atoms with Crippen molar-refractivity contribution in [3.05, 3.63) is 35.1 Å². The van der Waals surface area contributed by atoms with Crippen molar-refractivity contribution in [2.75, 3.05) is 13.1 Å². The van der Waals surface area contributed by atoms with Crippen LogP contribution >= 0.6 is 0 Å². The minimum atomic E-state index is -0.203. The lowest BCUT2D eigenvalue weighted by Gasteiger charge is -2.17. The molecule has 0 spiro atoms. The first kappa shape index (κ1) is 17.4. The smallest absolute Gasteiger partial charge is 0.220 e. The summed E-state index contributed by atoms with van der Waals surface area (Å²) in [6, 6.07) is 5.16. The molecule has 0 heterocycles. The highest BCUT2D eigenvalue weighted by Gasteiger charge is 2.33. The van der Waals surface area contributed by atoms with Crippen molar-refractivity contribution >= 4 is 11.8 Å². The van der Waals surface area contributed by atoms with Crippen LogP contribution in [0.5, 0.6) is 0 Å². The summed E-state index contributed by atoms with van der Waals surface area (Å²) in [5.41, 5.74) is 1.68. The lowest BCUT2D eigenvalue weighted by atomic mass is 9.89. The van der Waals surface area contributed by atoms with Crippen molar-refractivity contribution in [3.63, 3.8) is 0 Å². The van der Waals surface area contributed by atoms with E-state index in [-0.39, 0.29) is 23.5 Å². The Morgan fingerprint density at radius 2 is 1.96 bits per heavy atom. The van der Waals surface area contributed by atoms with E-state index in [9.17, 15) is 14.0 Å². The van der Waals surface area contributed by atoms with Gasteiger partial charge in [-0.25, -0.2) is 4.39 Å². The molecule has 126 valence electrons. The second-order valence-corrected chi connectivity index (χ2v) is 6.34. The molecule has 1 aliphatic carbocycles. The van der Waals surface area contributed by atoms with Gasteiger partial charge in [0, 0.05) is 26.4 Å². The third kappa shape index (κ3) is 5.66. The molecule has 1 saturated carbocycles. The van der Waals surface area contributed by atoms with Gasteiger partial charge in [0.15, 0.2) is 0 Å². The Morgan fingerprint density at radius 3 is 2.57 bits per heavy atom. The van der Waals surface area contributed by atoms with Crippen LogP contribution in [0.25, 0.3) is 0 Å². The van der Waals surface area contributed by atoms with Crippen molar-refractivity contribution in [2.45, 2.75) is 45.4 Å². The topological polar surface area (TPSA) is 58.2 Å². The second-order valence-electron chi connectivity index (χ2n) is 6.34. The van der Waals surface area contributed by atoms with Gasteiger partial charge < -0.3 is 10.6 Å². The van der Waals surface area contributed by atoms with E-state index in [1.807, 2.05) is 6.07 Å². The van der Waals surface area contributed by atoms with Gasteiger partial charge in [0.05, 0.1) is 0 Å². The maximum Gasteiger partial charge on any atom is 0.220 e. The second kappa shape index (κ2) is 8.09. The highest BCUT2D eigenvalue weighted by Crippen LogP contribution is 2.44. The Bertz CT molecular complexity index is 570. The minimum Gasteiger partial charge on any atom is -0.356 e. The fourth-order valence-electron chi connectivity index (χ4n) is 2.81. The van der Waals surface area contributed by atoms with E-state index in [1.54, 1.807) is 13.0 Å². The summed E-state index contributed by atoms with van der Waals surface area (Å²) in [5.74, 6) is 0.462. The Labute approximate surface area is 136 Å². The molecule has 2 N–H and O–H groups in total. The van der Waals surface area contributed by atoms with E-state index in [2.05, 4.69) is 10.6 Å². The molecule has 1 aromatic rings. The molecule has 5 heteroatoms. The Balaban J connectivity index is 1.83. The summed E-state index contributed by atoms with van der Waals surface area (Å²) in [7, 11) is 0. The highest BCUT2D eigenvalue weighted by molar-refractivity contribution is 5.77. The number of carbonyl (C=O) groups excluding carboxylic acids is 2. The van der Waals surface area contributed by atoms with E-state index in [0.717, 1.165) is 24.8 Å². The molecule has 1 fully saturated rings. The predicted octanol–water partition coefficient (Wildman–Crippen LogP) is 2.66. The van der Waals surface area contributed by atoms with Crippen LogP contribution in [0, 0.1) is 18.7 Å². The van der Waals surface area contributed by atoms with E-state index >= 15 is 0 Å². The number of benzene rings is 1. The number of rotatable bonds is 8. The number of halogens is 1. The van der Waals surface area contributed by atoms with Gasteiger partial charge in [-0.05, 0) is 55.2 Å². The average molecular weight is 320 g/mol. The van der Waals surface area contributed by atoms with E-state index in [4.69, 9.17) is 0 Å². The molecule has 1 unspecified atom stereocenters. The van der Waals surface area contributed by atoms with Crippen LogP contribution in [-0.2, 0) is 9.59 Å². The van der Waals surface area contributed by atoms with Crippen LogP contribution in [0.1, 0.15) is 49.7 Å². The zero-order chi connectivity index (χ0) is 16.8. The van der Waals surface area contributed by atoms with Gasteiger partial charge in [-0.3, -0.25) is 9.59 Å². The Morgan fingerprint density at radius 1 is 1.26 bits per heavy atom. The van der Waals surface area contributed by atoms with Gasteiger partial charge in [-0.15, -0.1) is 0 Å². The van der Waals surface area contributed by atoms with Gasteiger partial charge in [-0.1, -0.05) is 12.1 Å². The number of amides is 2. The molecule has 2 rings (SSSR count).